The van der Waals surface area contributed by atoms with Crippen molar-refractivity contribution in [3.63, 3.8) is 0 Å². The second-order valence-corrected chi connectivity index (χ2v) is 5.96. The van der Waals surface area contributed by atoms with Crippen LogP contribution in [0.15, 0.2) is 11.6 Å². The first-order valence-electron chi connectivity index (χ1n) is 7.51. The van der Waals surface area contributed by atoms with E-state index in [2.05, 4.69) is 6.92 Å². The van der Waals surface area contributed by atoms with Crippen LogP contribution in [0, 0.1) is 5.41 Å². The summed E-state index contributed by atoms with van der Waals surface area (Å²) in [7, 11) is 0. The van der Waals surface area contributed by atoms with Gasteiger partial charge in [-0.1, -0.05) is 38.3 Å². The molecular weight excluding hydrogens is 256 g/mol. The zero-order valence-electron chi connectivity index (χ0n) is 12.5. The van der Waals surface area contributed by atoms with Crippen LogP contribution in [0.4, 0.5) is 0 Å². The normalized spacial score (nSPS) is 25.6. The first-order chi connectivity index (χ1) is 9.40. The summed E-state index contributed by atoms with van der Waals surface area (Å²) in [5.74, 6) is -0.674. The Bertz CT molecular complexity index is 386. The molecule has 0 unspecified atom stereocenters. The number of aliphatic carboxylic acids is 1. The fourth-order valence-corrected chi connectivity index (χ4v) is 2.87. The summed E-state index contributed by atoms with van der Waals surface area (Å²) in [5, 5.41) is 19.0. The van der Waals surface area contributed by atoms with Crippen molar-refractivity contribution < 1.29 is 19.8 Å². The number of Topliss-reactive ketones (excluding diaryl/α,β-unsaturated/α-hetero) is 1. The van der Waals surface area contributed by atoms with E-state index in [0.29, 0.717) is 25.7 Å². The monoisotopic (exact) mass is 282 g/mol. The molecule has 4 heteroatoms. The van der Waals surface area contributed by atoms with Crippen LogP contribution in [0.25, 0.3) is 0 Å². The summed E-state index contributed by atoms with van der Waals surface area (Å²) in [6.45, 7) is 3.89. The fraction of sp³-hybridized carbons (Fsp3) is 0.750. The fourth-order valence-electron chi connectivity index (χ4n) is 2.87. The van der Waals surface area contributed by atoms with Crippen LogP contribution in [0.1, 0.15) is 65.2 Å². The summed E-state index contributed by atoms with van der Waals surface area (Å²) < 4.78 is 0. The van der Waals surface area contributed by atoms with Crippen molar-refractivity contribution in [3.05, 3.63) is 11.6 Å². The van der Waals surface area contributed by atoms with Gasteiger partial charge in [0.05, 0.1) is 12.5 Å². The predicted octanol–water partition coefficient (Wildman–Crippen LogP) is 3.09. The van der Waals surface area contributed by atoms with Crippen molar-refractivity contribution in [3.8, 4) is 0 Å². The Morgan fingerprint density at radius 1 is 1.35 bits per heavy atom. The molecule has 0 aliphatic heterocycles. The molecule has 0 aromatic heterocycles. The molecule has 0 aromatic carbocycles. The van der Waals surface area contributed by atoms with Gasteiger partial charge in [0.1, 0.15) is 5.78 Å². The van der Waals surface area contributed by atoms with Gasteiger partial charge in [0.25, 0.3) is 0 Å². The van der Waals surface area contributed by atoms with Crippen LogP contribution >= 0.6 is 0 Å². The molecule has 1 aliphatic carbocycles. The second kappa shape index (κ2) is 7.58. The number of carbonyl (C=O) groups is 2. The Balaban J connectivity index is 2.50. The molecule has 0 spiro atoms. The van der Waals surface area contributed by atoms with Crippen LogP contribution < -0.4 is 0 Å². The minimum atomic E-state index is -0.909. The number of carboxylic acids is 1. The van der Waals surface area contributed by atoms with Gasteiger partial charge in [0, 0.05) is 18.3 Å². The van der Waals surface area contributed by atoms with E-state index in [-0.39, 0.29) is 12.2 Å². The topological polar surface area (TPSA) is 74.6 Å². The molecule has 20 heavy (non-hydrogen) atoms. The third-order valence-electron chi connectivity index (χ3n) is 4.31. The highest BCUT2D eigenvalue weighted by atomic mass is 16.4. The zero-order chi connectivity index (χ0) is 15.2. The van der Waals surface area contributed by atoms with Crippen LogP contribution in [-0.2, 0) is 9.59 Å². The number of aliphatic hydroxyl groups excluding tert-OH is 1. The average molecular weight is 282 g/mol. The number of hydrogen-bond donors (Lipinski definition) is 2. The molecule has 1 aliphatic rings. The van der Waals surface area contributed by atoms with Crippen LogP contribution in [0.5, 0.6) is 0 Å². The van der Waals surface area contributed by atoms with Gasteiger partial charge in [0.2, 0.25) is 0 Å². The molecule has 2 atom stereocenters. The molecule has 1 rings (SSSR count). The summed E-state index contributed by atoms with van der Waals surface area (Å²) in [6.07, 6.45) is 6.42. The predicted molar refractivity (Wildman–Crippen MR) is 77.4 cm³/mol. The number of aliphatic hydroxyl groups is 1. The SMILES string of the molecule is CCCCCC(=O)CCC1=CC[C@H](O)[C@]1(C)CC(=O)O. The van der Waals surface area contributed by atoms with E-state index in [0.717, 1.165) is 24.8 Å². The maximum absolute atomic E-state index is 11.8. The van der Waals surface area contributed by atoms with E-state index in [9.17, 15) is 14.7 Å². The van der Waals surface area contributed by atoms with Crippen molar-refractivity contribution in [1.29, 1.82) is 0 Å². The van der Waals surface area contributed by atoms with Crippen LogP contribution in [0.3, 0.4) is 0 Å². The smallest absolute Gasteiger partial charge is 0.304 e. The molecule has 0 saturated carbocycles. The lowest BCUT2D eigenvalue weighted by Crippen LogP contribution is -2.32. The first kappa shape index (κ1) is 16.9. The van der Waals surface area contributed by atoms with Crippen molar-refractivity contribution in [2.75, 3.05) is 0 Å². The highest BCUT2D eigenvalue weighted by Crippen LogP contribution is 2.44. The lowest BCUT2D eigenvalue weighted by atomic mass is 9.76. The van der Waals surface area contributed by atoms with E-state index in [1.54, 1.807) is 6.92 Å². The molecule has 0 aromatic rings. The minimum Gasteiger partial charge on any atom is -0.481 e. The summed E-state index contributed by atoms with van der Waals surface area (Å²) in [6, 6.07) is 0. The standard InChI is InChI=1S/C16H26O4/c1-3-4-5-6-13(17)9-7-12-8-10-14(18)16(12,2)11-15(19)20/h8,14,18H,3-7,9-11H2,1-2H3,(H,19,20)/t14-,16+/m0/s1. The van der Waals surface area contributed by atoms with E-state index in [1.807, 2.05) is 6.08 Å². The third-order valence-corrected chi connectivity index (χ3v) is 4.31. The van der Waals surface area contributed by atoms with Crippen molar-refractivity contribution in [2.45, 2.75) is 71.3 Å². The number of hydrogen-bond acceptors (Lipinski definition) is 3. The summed E-state index contributed by atoms with van der Waals surface area (Å²) in [5.41, 5.74) is 0.214. The van der Waals surface area contributed by atoms with E-state index < -0.39 is 17.5 Å². The van der Waals surface area contributed by atoms with Crippen LogP contribution in [0.2, 0.25) is 0 Å². The molecule has 0 bridgehead atoms. The lowest BCUT2D eigenvalue weighted by Gasteiger charge is -2.30. The van der Waals surface area contributed by atoms with Crippen molar-refractivity contribution in [1.82, 2.24) is 0 Å². The van der Waals surface area contributed by atoms with E-state index in [1.165, 1.54) is 0 Å². The maximum Gasteiger partial charge on any atom is 0.304 e. The Morgan fingerprint density at radius 2 is 2.05 bits per heavy atom. The molecule has 0 heterocycles. The largest absolute Gasteiger partial charge is 0.481 e. The van der Waals surface area contributed by atoms with Gasteiger partial charge in [-0.2, -0.15) is 0 Å². The van der Waals surface area contributed by atoms with Gasteiger partial charge < -0.3 is 10.2 Å². The van der Waals surface area contributed by atoms with Gasteiger partial charge in [-0.15, -0.1) is 0 Å². The minimum absolute atomic E-state index is 0.0793. The highest BCUT2D eigenvalue weighted by molar-refractivity contribution is 5.78. The molecule has 114 valence electrons. The zero-order valence-corrected chi connectivity index (χ0v) is 12.5. The van der Waals surface area contributed by atoms with Gasteiger partial charge >= 0.3 is 5.97 Å². The number of rotatable bonds is 9. The molecular formula is C16H26O4. The van der Waals surface area contributed by atoms with E-state index >= 15 is 0 Å². The molecule has 0 fully saturated rings. The molecule has 0 radical (unpaired) electrons. The third kappa shape index (κ3) is 4.44. The highest BCUT2D eigenvalue weighted by Gasteiger charge is 2.41. The Morgan fingerprint density at radius 3 is 2.65 bits per heavy atom. The van der Waals surface area contributed by atoms with Crippen LogP contribution in [-0.4, -0.2) is 28.1 Å². The molecule has 0 saturated heterocycles. The Kier molecular flexibility index (Phi) is 6.40. The molecule has 4 nitrogen and oxygen atoms in total. The number of carboxylic acid groups (broad SMARTS) is 1. The first-order valence-corrected chi connectivity index (χ1v) is 7.51. The van der Waals surface area contributed by atoms with Crippen molar-refractivity contribution >= 4 is 11.8 Å². The average Bonchev–Trinajstić information content (AvgIpc) is 2.63. The Labute approximate surface area is 120 Å². The summed E-state index contributed by atoms with van der Waals surface area (Å²) >= 11 is 0. The van der Waals surface area contributed by atoms with Gasteiger partial charge in [0.15, 0.2) is 0 Å². The molecule has 0 amide bonds. The molecule has 2 N–H and O–H groups in total. The quantitative estimate of drug-likeness (QED) is 0.503. The maximum atomic E-state index is 11.8. The number of unbranched alkanes of at least 4 members (excludes halogenated alkanes) is 2. The second-order valence-electron chi connectivity index (χ2n) is 5.96. The lowest BCUT2D eigenvalue weighted by molar-refractivity contribution is -0.140. The summed E-state index contributed by atoms with van der Waals surface area (Å²) in [4.78, 5) is 22.7. The van der Waals surface area contributed by atoms with Gasteiger partial charge in [-0.25, -0.2) is 0 Å². The van der Waals surface area contributed by atoms with Crippen molar-refractivity contribution in [2.24, 2.45) is 5.41 Å². The van der Waals surface area contributed by atoms with Gasteiger partial charge in [-0.3, -0.25) is 9.59 Å². The number of carbonyl (C=O) groups excluding carboxylic acids is 1. The van der Waals surface area contributed by atoms with Gasteiger partial charge in [-0.05, 0) is 19.3 Å². The Hall–Kier alpha value is -1.16. The number of ketones is 1. The van der Waals surface area contributed by atoms with E-state index in [4.69, 9.17) is 5.11 Å².